The minimum absolute atomic E-state index is 0.0988. The first-order valence-corrected chi connectivity index (χ1v) is 12.1. The Morgan fingerprint density at radius 3 is 2.97 bits per heavy atom. The van der Waals surface area contributed by atoms with E-state index in [-0.39, 0.29) is 17.1 Å². The third kappa shape index (κ3) is 3.77. The predicted octanol–water partition coefficient (Wildman–Crippen LogP) is 6.93. The molecule has 2 aromatic rings. The lowest BCUT2D eigenvalue weighted by Crippen LogP contribution is -2.42. The van der Waals surface area contributed by atoms with E-state index in [9.17, 15) is 9.18 Å². The average molecular weight is 453 g/mol. The topological polar surface area (TPSA) is 42.0 Å². The van der Waals surface area contributed by atoms with Gasteiger partial charge in [-0.3, -0.25) is 4.79 Å². The van der Waals surface area contributed by atoms with Crippen LogP contribution in [0.1, 0.15) is 62.5 Å². The second-order valence-corrected chi connectivity index (χ2v) is 10.6. The summed E-state index contributed by atoms with van der Waals surface area (Å²) < 4.78 is 13.3. The van der Waals surface area contributed by atoms with Gasteiger partial charge in [0.25, 0.3) is 0 Å². The molecule has 3 unspecified atom stereocenters. The zero-order valence-corrected chi connectivity index (χ0v) is 19.3. The number of hydrogen-bond acceptors (Lipinski definition) is 2. The fourth-order valence-corrected chi connectivity index (χ4v) is 7.24. The van der Waals surface area contributed by atoms with Crippen molar-refractivity contribution < 1.29 is 9.18 Å². The van der Waals surface area contributed by atoms with Crippen molar-refractivity contribution in [2.45, 2.75) is 57.8 Å². The summed E-state index contributed by atoms with van der Waals surface area (Å²) in [5, 5.41) is 3.58. The van der Waals surface area contributed by atoms with E-state index in [2.05, 4.69) is 35.9 Å². The number of allylic oxidation sites excluding steroid dienone is 1. The quantitative estimate of drug-likeness (QED) is 0.403. The number of amides is 1. The molecule has 32 heavy (non-hydrogen) atoms. The Labute approximate surface area is 194 Å². The number of pyridine rings is 1. The number of benzene rings is 1. The first-order valence-electron chi connectivity index (χ1n) is 11.7. The van der Waals surface area contributed by atoms with Crippen molar-refractivity contribution in [3.8, 4) is 0 Å². The van der Waals surface area contributed by atoms with E-state index in [1.807, 2.05) is 6.07 Å². The zero-order chi connectivity index (χ0) is 22.5. The highest BCUT2D eigenvalue weighted by molar-refractivity contribution is 6.30. The van der Waals surface area contributed by atoms with Crippen LogP contribution in [0.2, 0.25) is 5.02 Å². The van der Waals surface area contributed by atoms with Gasteiger partial charge < -0.3 is 5.32 Å². The highest BCUT2D eigenvalue weighted by Crippen LogP contribution is 2.65. The van der Waals surface area contributed by atoms with Crippen molar-refractivity contribution in [2.24, 2.45) is 23.2 Å². The second kappa shape index (κ2) is 8.30. The smallest absolute Gasteiger partial charge is 0.225 e. The zero-order valence-electron chi connectivity index (χ0n) is 18.5. The van der Waals surface area contributed by atoms with Gasteiger partial charge in [-0.2, -0.15) is 4.39 Å². The number of carbonyl (C=O) groups excluding carboxylic acids is 1. The molecule has 5 atom stereocenters. The van der Waals surface area contributed by atoms with E-state index in [4.69, 9.17) is 11.6 Å². The molecule has 0 radical (unpaired) electrons. The van der Waals surface area contributed by atoms with E-state index < -0.39 is 5.95 Å². The summed E-state index contributed by atoms with van der Waals surface area (Å²) in [5.41, 5.74) is 4.42. The largest absolute Gasteiger partial charge is 0.311 e. The molecule has 168 valence electrons. The molecule has 3 nitrogen and oxygen atoms in total. The standard InChI is InChI=1S/C27H30ClFN2O/c1-16-14-18(7-11-25(32)31-24-5-3-4-23(29)30-24)26-22-9-6-17-15-19(28)8-10-20(17)21(22)12-13-27(16,26)2/h3-5,8,10,15,18,21-22,26H,1,6-7,9,11-14H2,2H3,(H,30,31,32)/t18-,21?,22?,26?,27-/m1/s1. The van der Waals surface area contributed by atoms with Crippen LogP contribution in [-0.4, -0.2) is 10.9 Å². The molecule has 3 aliphatic carbocycles. The Morgan fingerprint density at radius 2 is 2.16 bits per heavy atom. The Kier molecular flexibility index (Phi) is 5.61. The molecule has 1 amide bonds. The second-order valence-electron chi connectivity index (χ2n) is 10.1. The lowest BCUT2D eigenvalue weighted by molar-refractivity contribution is -0.116. The molecule has 5 rings (SSSR count). The third-order valence-corrected chi connectivity index (χ3v) is 8.72. The third-order valence-electron chi connectivity index (χ3n) is 8.49. The number of halogens is 2. The minimum Gasteiger partial charge on any atom is -0.311 e. The normalized spacial score (nSPS) is 30.9. The number of nitrogens with zero attached hydrogens (tertiary/aromatic N) is 1. The van der Waals surface area contributed by atoms with Gasteiger partial charge in [-0.25, -0.2) is 4.98 Å². The summed E-state index contributed by atoms with van der Waals surface area (Å²) in [6, 6.07) is 10.9. The maximum Gasteiger partial charge on any atom is 0.225 e. The minimum atomic E-state index is -0.585. The van der Waals surface area contributed by atoms with Gasteiger partial charge in [-0.1, -0.05) is 42.8 Å². The highest BCUT2D eigenvalue weighted by atomic mass is 35.5. The Hall–Kier alpha value is -2.20. The number of aromatic nitrogens is 1. The molecule has 1 aromatic carbocycles. The van der Waals surface area contributed by atoms with Crippen molar-refractivity contribution in [3.63, 3.8) is 0 Å². The summed E-state index contributed by atoms with van der Waals surface area (Å²) in [4.78, 5) is 16.3. The number of aryl methyl sites for hydroxylation is 1. The molecule has 3 aliphatic rings. The molecule has 0 bridgehead atoms. The van der Waals surface area contributed by atoms with Gasteiger partial charge in [0.2, 0.25) is 11.9 Å². The molecular formula is C27H30ClFN2O. The molecule has 5 heteroatoms. The van der Waals surface area contributed by atoms with Crippen LogP contribution < -0.4 is 5.32 Å². The van der Waals surface area contributed by atoms with Gasteiger partial charge in [0.15, 0.2) is 0 Å². The Bertz CT molecular complexity index is 1070. The summed E-state index contributed by atoms with van der Waals surface area (Å²) in [5.74, 6) is 1.80. The van der Waals surface area contributed by atoms with E-state index in [0.29, 0.717) is 30.1 Å². The molecule has 0 saturated heterocycles. The van der Waals surface area contributed by atoms with Crippen LogP contribution in [0.5, 0.6) is 0 Å². The van der Waals surface area contributed by atoms with Crippen molar-refractivity contribution in [2.75, 3.05) is 5.32 Å². The number of nitrogens with one attached hydrogen (secondary N) is 1. The van der Waals surface area contributed by atoms with E-state index >= 15 is 0 Å². The lowest BCUT2D eigenvalue weighted by atomic mass is 9.53. The maximum absolute atomic E-state index is 13.3. The van der Waals surface area contributed by atoms with Crippen LogP contribution in [0.4, 0.5) is 10.2 Å². The fraction of sp³-hybridized carbons (Fsp3) is 0.481. The van der Waals surface area contributed by atoms with Crippen LogP contribution in [0.15, 0.2) is 48.6 Å². The number of hydrogen-bond donors (Lipinski definition) is 1. The average Bonchev–Trinajstić information content (AvgIpc) is 3.02. The van der Waals surface area contributed by atoms with Crippen molar-refractivity contribution in [1.29, 1.82) is 0 Å². The van der Waals surface area contributed by atoms with Gasteiger partial charge in [-0.05, 0) is 103 Å². The summed E-state index contributed by atoms with van der Waals surface area (Å²) in [6.45, 7) is 6.90. The molecule has 2 saturated carbocycles. The first-order chi connectivity index (χ1) is 15.3. The molecule has 1 aromatic heterocycles. The predicted molar refractivity (Wildman–Crippen MR) is 126 cm³/mol. The summed E-state index contributed by atoms with van der Waals surface area (Å²) in [7, 11) is 0. The van der Waals surface area contributed by atoms with E-state index in [1.54, 1.807) is 12.1 Å². The SMILES string of the molecule is C=C1C[C@@H](CCC(=O)Nc2cccc(F)n2)C2C3CCc4cc(Cl)ccc4C3CC[C@]12C. The molecule has 0 spiro atoms. The fourth-order valence-electron chi connectivity index (χ4n) is 7.04. The summed E-state index contributed by atoms with van der Waals surface area (Å²) in [6.07, 6.45) is 6.88. The first kappa shape index (κ1) is 21.6. The van der Waals surface area contributed by atoms with Gasteiger partial charge in [0.05, 0.1) is 0 Å². The molecule has 1 N–H and O–H groups in total. The van der Waals surface area contributed by atoms with Crippen molar-refractivity contribution >= 4 is 23.3 Å². The number of carbonyl (C=O) groups is 1. The maximum atomic E-state index is 13.3. The van der Waals surface area contributed by atoms with Crippen molar-refractivity contribution in [3.05, 3.63) is 70.6 Å². The molecular weight excluding hydrogens is 423 g/mol. The number of fused-ring (bicyclic) bond motifs is 5. The molecule has 1 heterocycles. The van der Waals surface area contributed by atoms with Gasteiger partial charge in [0.1, 0.15) is 5.82 Å². The molecule has 2 fully saturated rings. The van der Waals surface area contributed by atoms with Crippen molar-refractivity contribution in [1.82, 2.24) is 4.98 Å². The van der Waals surface area contributed by atoms with Crippen LogP contribution in [0.3, 0.4) is 0 Å². The lowest BCUT2D eigenvalue weighted by Gasteiger charge is -2.51. The van der Waals surface area contributed by atoms with E-state index in [1.165, 1.54) is 35.6 Å². The molecule has 0 aliphatic heterocycles. The highest BCUT2D eigenvalue weighted by Gasteiger charge is 2.55. The van der Waals surface area contributed by atoms with Crippen LogP contribution in [-0.2, 0) is 11.2 Å². The Morgan fingerprint density at radius 1 is 1.31 bits per heavy atom. The van der Waals surface area contributed by atoms with Gasteiger partial charge in [0, 0.05) is 11.4 Å². The van der Waals surface area contributed by atoms with E-state index in [0.717, 1.165) is 30.7 Å². The van der Waals surface area contributed by atoms with Crippen LogP contribution in [0, 0.1) is 29.1 Å². The van der Waals surface area contributed by atoms with Crippen LogP contribution >= 0.6 is 11.6 Å². The van der Waals surface area contributed by atoms with Crippen LogP contribution in [0.25, 0.3) is 0 Å². The number of anilines is 1. The monoisotopic (exact) mass is 452 g/mol. The Balaban J connectivity index is 1.32. The van der Waals surface area contributed by atoms with Gasteiger partial charge in [-0.15, -0.1) is 0 Å². The number of rotatable bonds is 4. The van der Waals surface area contributed by atoms with Gasteiger partial charge >= 0.3 is 0 Å². The summed E-state index contributed by atoms with van der Waals surface area (Å²) >= 11 is 6.27.